The SMILES string of the molecule is CC.CC1(c2c(-c3ccc(C(=O)O)cc3)c3c(O)cccc3n2-c2ccc(F)cc2)CCOCC1. The second kappa shape index (κ2) is 9.92. The first kappa shape index (κ1) is 24.5. The van der Waals surface area contributed by atoms with E-state index in [2.05, 4.69) is 11.5 Å². The predicted molar refractivity (Wildman–Crippen MR) is 136 cm³/mol. The molecule has 0 amide bonds. The number of benzene rings is 3. The Labute approximate surface area is 204 Å². The standard InChI is InChI=1S/C27H24FNO4.C2H6/c1-27(13-15-33-16-14-27)25-23(17-5-7-18(8-6-17)26(31)32)24-21(3-2-4-22(24)30)29(25)20-11-9-19(28)10-12-20;1-2/h2-12,30H,13-16H2,1H3,(H,31,32);1-2H3. The predicted octanol–water partition coefficient (Wildman–Crippen LogP) is 6.93. The molecule has 0 spiro atoms. The molecule has 0 atom stereocenters. The van der Waals surface area contributed by atoms with Gasteiger partial charge in [0.2, 0.25) is 0 Å². The quantitative estimate of drug-likeness (QED) is 0.336. The molecule has 5 rings (SSSR count). The van der Waals surface area contributed by atoms with Crippen molar-refractivity contribution in [2.45, 2.75) is 39.0 Å². The van der Waals surface area contributed by atoms with Crippen LogP contribution in [0.2, 0.25) is 0 Å². The van der Waals surface area contributed by atoms with E-state index in [1.807, 2.05) is 19.9 Å². The minimum Gasteiger partial charge on any atom is -0.507 e. The van der Waals surface area contributed by atoms with Crippen molar-refractivity contribution in [2.24, 2.45) is 0 Å². The lowest BCUT2D eigenvalue weighted by Gasteiger charge is -2.36. The molecule has 35 heavy (non-hydrogen) atoms. The maximum Gasteiger partial charge on any atom is 0.335 e. The van der Waals surface area contributed by atoms with Gasteiger partial charge in [0.25, 0.3) is 0 Å². The highest BCUT2D eigenvalue weighted by molar-refractivity contribution is 6.04. The molecule has 1 aromatic heterocycles. The Morgan fingerprint density at radius 2 is 1.60 bits per heavy atom. The van der Waals surface area contributed by atoms with Crippen LogP contribution < -0.4 is 0 Å². The number of hydrogen-bond donors (Lipinski definition) is 2. The molecule has 0 aliphatic carbocycles. The van der Waals surface area contributed by atoms with Crippen LogP contribution in [-0.2, 0) is 10.2 Å². The minimum atomic E-state index is -0.991. The van der Waals surface area contributed by atoms with Gasteiger partial charge in [0.1, 0.15) is 11.6 Å². The average molecular weight is 476 g/mol. The zero-order valence-corrected chi connectivity index (χ0v) is 20.2. The topological polar surface area (TPSA) is 71.7 Å². The smallest absolute Gasteiger partial charge is 0.335 e. The van der Waals surface area contributed by atoms with Crippen molar-refractivity contribution >= 4 is 16.9 Å². The van der Waals surface area contributed by atoms with Gasteiger partial charge in [-0.05, 0) is 66.9 Å². The molecule has 1 aliphatic rings. The van der Waals surface area contributed by atoms with E-state index in [-0.39, 0.29) is 22.5 Å². The van der Waals surface area contributed by atoms with Gasteiger partial charge in [0, 0.05) is 41.0 Å². The Balaban J connectivity index is 0.00000141. The van der Waals surface area contributed by atoms with Crippen molar-refractivity contribution in [1.82, 2.24) is 4.57 Å². The fraction of sp³-hybridized carbons (Fsp3) is 0.276. The van der Waals surface area contributed by atoms with Crippen LogP contribution in [-0.4, -0.2) is 34.0 Å². The average Bonchev–Trinajstić information content (AvgIpc) is 3.24. The van der Waals surface area contributed by atoms with E-state index in [0.717, 1.165) is 40.9 Å². The molecule has 0 radical (unpaired) electrons. The molecule has 3 aromatic carbocycles. The van der Waals surface area contributed by atoms with E-state index in [1.54, 1.807) is 48.5 Å². The van der Waals surface area contributed by atoms with E-state index in [4.69, 9.17) is 4.74 Å². The molecule has 182 valence electrons. The number of carbonyl (C=O) groups is 1. The summed E-state index contributed by atoms with van der Waals surface area (Å²) >= 11 is 0. The highest BCUT2D eigenvalue weighted by Crippen LogP contribution is 2.48. The summed E-state index contributed by atoms with van der Waals surface area (Å²) in [5.74, 6) is -1.17. The van der Waals surface area contributed by atoms with E-state index in [1.165, 1.54) is 12.1 Å². The molecule has 4 aromatic rings. The number of aromatic carboxylic acids is 1. The number of fused-ring (bicyclic) bond motifs is 1. The monoisotopic (exact) mass is 475 g/mol. The van der Waals surface area contributed by atoms with Crippen LogP contribution in [0.5, 0.6) is 5.75 Å². The number of nitrogens with zero attached hydrogens (tertiary/aromatic N) is 1. The molecule has 6 heteroatoms. The number of carboxylic acid groups (broad SMARTS) is 1. The number of halogens is 1. The van der Waals surface area contributed by atoms with Crippen LogP contribution in [0.15, 0.2) is 66.7 Å². The Morgan fingerprint density at radius 1 is 0.971 bits per heavy atom. The lowest BCUT2D eigenvalue weighted by molar-refractivity contribution is 0.0548. The molecule has 2 N–H and O–H groups in total. The van der Waals surface area contributed by atoms with Crippen molar-refractivity contribution in [2.75, 3.05) is 13.2 Å². The fourth-order valence-electron chi connectivity index (χ4n) is 4.87. The molecule has 5 nitrogen and oxygen atoms in total. The number of aromatic nitrogens is 1. The van der Waals surface area contributed by atoms with Gasteiger partial charge < -0.3 is 19.5 Å². The largest absolute Gasteiger partial charge is 0.507 e. The Morgan fingerprint density at radius 3 is 2.20 bits per heavy atom. The zero-order valence-electron chi connectivity index (χ0n) is 20.2. The molecule has 1 fully saturated rings. The van der Waals surface area contributed by atoms with E-state index < -0.39 is 5.97 Å². The highest BCUT2D eigenvalue weighted by Gasteiger charge is 2.37. The Bertz CT molecular complexity index is 1330. The zero-order chi connectivity index (χ0) is 25.2. The second-order valence-electron chi connectivity index (χ2n) is 8.76. The van der Waals surface area contributed by atoms with E-state index >= 15 is 0 Å². The molecule has 0 saturated carbocycles. The van der Waals surface area contributed by atoms with Crippen molar-refractivity contribution in [1.29, 1.82) is 0 Å². The van der Waals surface area contributed by atoms with Crippen LogP contribution in [0.25, 0.3) is 27.7 Å². The van der Waals surface area contributed by atoms with Gasteiger partial charge in [-0.3, -0.25) is 0 Å². The van der Waals surface area contributed by atoms with Crippen molar-refractivity contribution in [3.8, 4) is 22.6 Å². The summed E-state index contributed by atoms with van der Waals surface area (Å²) in [5, 5.41) is 21.0. The van der Waals surface area contributed by atoms with Crippen molar-refractivity contribution in [3.63, 3.8) is 0 Å². The minimum absolute atomic E-state index is 0.141. The molecule has 0 unspecified atom stereocenters. The maximum absolute atomic E-state index is 13.8. The van der Waals surface area contributed by atoms with E-state index in [9.17, 15) is 19.4 Å². The van der Waals surface area contributed by atoms with Gasteiger partial charge in [0.15, 0.2) is 0 Å². The second-order valence-corrected chi connectivity index (χ2v) is 8.76. The summed E-state index contributed by atoms with van der Waals surface area (Å²) < 4.78 is 21.5. The third kappa shape index (κ3) is 4.42. The van der Waals surface area contributed by atoms with Gasteiger partial charge in [-0.25, -0.2) is 9.18 Å². The lowest BCUT2D eigenvalue weighted by Crippen LogP contribution is -2.33. The van der Waals surface area contributed by atoms with Crippen LogP contribution in [0.1, 0.15) is 49.7 Å². The Kier molecular flexibility index (Phi) is 6.94. The third-order valence-corrected chi connectivity index (χ3v) is 6.65. The Hall–Kier alpha value is -3.64. The molecular formula is C29H30FNO4. The van der Waals surface area contributed by atoms with Gasteiger partial charge >= 0.3 is 5.97 Å². The molecule has 1 saturated heterocycles. The molecule has 1 aliphatic heterocycles. The van der Waals surface area contributed by atoms with Gasteiger partial charge in [-0.1, -0.05) is 39.0 Å². The van der Waals surface area contributed by atoms with Gasteiger partial charge in [0.05, 0.1) is 11.1 Å². The summed E-state index contributed by atoms with van der Waals surface area (Å²) in [6, 6.07) is 18.5. The molecule has 2 heterocycles. The molecular weight excluding hydrogens is 445 g/mol. The van der Waals surface area contributed by atoms with Crippen molar-refractivity contribution in [3.05, 3.63) is 83.8 Å². The number of carboxylic acids is 1. The third-order valence-electron chi connectivity index (χ3n) is 6.65. The summed E-state index contributed by atoms with van der Waals surface area (Å²) in [4.78, 5) is 11.4. The summed E-state index contributed by atoms with van der Waals surface area (Å²) in [6.07, 6.45) is 1.57. The number of aromatic hydroxyl groups is 1. The van der Waals surface area contributed by atoms with E-state index in [0.29, 0.717) is 18.6 Å². The van der Waals surface area contributed by atoms with Crippen LogP contribution >= 0.6 is 0 Å². The van der Waals surface area contributed by atoms with Crippen molar-refractivity contribution < 1.29 is 24.1 Å². The summed E-state index contributed by atoms with van der Waals surface area (Å²) in [7, 11) is 0. The van der Waals surface area contributed by atoms with Crippen LogP contribution in [0.4, 0.5) is 4.39 Å². The number of hydrogen-bond acceptors (Lipinski definition) is 3. The number of rotatable bonds is 4. The van der Waals surface area contributed by atoms with Gasteiger partial charge in [-0.2, -0.15) is 0 Å². The lowest BCUT2D eigenvalue weighted by atomic mass is 9.76. The maximum atomic E-state index is 13.8. The number of phenolic OH excluding ortho intramolecular Hbond substituents is 1. The highest BCUT2D eigenvalue weighted by atomic mass is 19.1. The van der Waals surface area contributed by atoms with Crippen LogP contribution in [0.3, 0.4) is 0 Å². The summed E-state index contributed by atoms with van der Waals surface area (Å²) in [5.41, 5.74) is 4.19. The first-order valence-electron chi connectivity index (χ1n) is 11.9. The first-order valence-corrected chi connectivity index (χ1v) is 11.9. The fourth-order valence-corrected chi connectivity index (χ4v) is 4.87. The number of ether oxygens (including phenoxy) is 1. The summed E-state index contributed by atoms with van der Waals surface area (Å²) in [6.45, 7) is 7.42. The molecule has 0 bridgehead atoms. The number of phenols is 1. The normalized spacial score (nSPS) is 14.9. The first-order chi connectivity index (χ1) is 16.9. The van der Waals surface area contributed by atoms with Gasteiger partial charge in [-0.15, -0.1) is 0 Å². The van der Waals surface area contributed by atoms with Crippen LogP contribution in [0, 0.1) is 5.82 Å².